The molecular weight excluding hydrogens is 394 g/mol. The van der Waals surface area contributed by atoms with Gasteiger partial charge in [-0.25, -0.2) is 5.43 Å². The van der Waals surface area contributed by atoms with Crippen LogP contribution in [-0.4, -0.2) is 49.8 Å². The van der Waals surface area contributed by atoms with E-state index in [0.29, 0.717) is 12.1 Å². The minimum Gasteiger partial charge on any atom is -0.322 e. The number of halogens is 1. The summed E-state index contributed by atoms with van der Waals surface area (Å²) in [4.78, 5) is 25.0. The van der Waals surface area contributed by atoms with Crippen molar-refractivity contribution in [2.24, 2.45) is 5.10 Å². The molecule has 8 nitrogen and oxygen atoms in total. The third-order valence-electron chi connectivity index (χ3n) is 4.95. The average molecular weight is 418 g/mol. The summed E-state index contributed by atoms with van der Waals surface area (Å²) < 4.78 is 0. The van der Waals surface area contributed by atoms with Crippen molar-refractivity contribution in [2.75, 3.05) is 32.7 Å². The first-order valence-corrected chi connectivity index (χ1v) is 9.85. The molecule has 0 spiro atoms. The van der Waals surface area contributed by atoms with Crippen LogP contribution in [0.25, 0.3) is 0 Å². The summed E-state index contributed by atoms with van der Waals surface area (Å²) in [6.07, 6.45) is 1.48. The zero-order valence-electron chi connectivity index (χ0n) is 15.9. The van der Waals surface area contributed by atoms with Gasteiger partial charge in [-0.15, -0.1) is 0 Å². The lowest BCUT2D eigenvalue weighted by atomic mass is 10.2. The Bertz CT molecular complexity index is 863. The van der Waals surface area contributed by atoms with Gasteiger partial charge in [-0.2, -0.15) is 5.10 Å². The highest BCUT2D eigenvalue weighted by Gasteiger charge is 2.24. The van der Waals surface area contributed by atoms with Gasteiger partial charge in [-0.1, -0.05) is 23.7 Å². The standard InChI is InChI=1S/C20H22ClN5O3/c21-18-5-1-17(2-6-18)14-24-9-11-25(12-10-24)15-20(27)23-22-13-16-3-7-19(8-4-16)26(28)29/h1-8,13H,9-12,14-15H2,(H,23,27)/p+2/b22-13-. The number of nitrogens with one attached hydrogen (secondary N) is 3. The molecule has 2 aromatic carbocycles. The molecule has 1 heterocycles. The second-order valence-corrected chi connectivity index (χ2v) is 7.56. The van der Waals surface area contributed by atoms with Gasteiger partial charge in [0, 0.05) is 22.7 Å². The minimum atomic E-state index is -0.456. The number of benzene rings is 2. The van der Waals surface area contributed by atoms with Gasteiger partial charge in [0.25, 0.3) is 11.6 Å². The fourth-order valence-electron chi connectivity index (χ4n) is 3.33. The molecule has 1 saturated heterocycles. The lowest BCUT2D eigenvalue weighted by molar-refractivity contribution is -1.02. The van der Waals surface area contributed by atoms with E-state index in [4.69, 9.17) is 11.6 Å². The third kappa shape index (κ3) is 6.63. The molecule has 1 fully saturated rings. The van der Waals surface area contributed by atoms with E-state index in [2.05, 4.69) is 22.7 Å². The zero-order valence-corrected chi connectivity index (χ0v) is 16.7. The molecule has 0 saturated carbocycles. The first kappa shape index (κ1) is 20.9. The molecule has 2 aromatic rings. The fraction of sp³-hybridized carbons (Fsp3) is 0.300. The quantitative estimate of drug-likeness (QED) is 0.327. The summed E-state index contributed by atoms with van der Waals surface area (Å²) in [7, 11) is 0. The number of carbonyl (C=O) groups excluding carboxylic acids is 1. The number of amides is 1. The van der Waals surface area contributed by atoms with Crippen LogP contribution < -0.4 is 15.2 Å². The number of nitro benzene ring substituents is 1. The van der Waals surface area contributed by atoms with Crippen molar-refractivity contribution in [1.29, 1.82) is 0 Å². The minimum absolute atomic E-state index is 0.0205. The van der Waals surface area contributed by atoms with Crippen LogP contribution in [0.2, 0.25) is 5.02 Å². The summed E-state index contributed by atoms with van der Waals surface area (Å²) in [6.45, 7) is 5.24. The Kier molecular flexibility index (Phi) is 7.29. The van der Waals surface area contributed by atoms with Gasteiger partial charge in [0.2, 0.25) is 0 Å². The van der Waals surface area contributed by atoms with Gasteiger partial charge < -0.3 is 9.80 Å². The number of hydrogen-bond donors (Lipinski definition) is 3. The molecule has 9 heteroatoms. The number of rotatable bonds is 7. The van der Waals surface area contributed by atoms with Crippen molar-refractivity contribution in [3.63, 3.8) is 0 Å². The van der Waals surface area contributed by atoms with E-state index >= 15 is 0 Å². The highest BCUT2D eigenvalue weighted by molar-refractivity contribution is 6.30. The van der Waals surface area contributed by atoms with Crippen LogP contribution in [0.1, 0.15) is 11.1 Å². The maximum absolute atomic E-state index is 12.1. The van der Waals surface area contributed by atoms with Crippen molar-refractivity contribution in [1.82, 2.24) is 5.43 Å². The van der Waals surface area contributed by atoms with Gasteiger partial charge in [0.05, 0.1) is 11.1 Å². The number of nitrogens with zero attached hydrogens (tertiary/aromatic N) is 2. The SMILES string of the molecule is O=C(C[NH+]1CC[NH+](Cc2ccc(Cl)cc2)CC1)N/N=C\c1ccc([N+](=O)[O-])cc1. The molecule has 3 rings (SSSR count). The number of hydrogen-bond acceptors (Lipinski definition) is 4. The number of hydrazone groups is 1. The number of carbonyl (C=O) groups is 1. The summed E-state index contributed by atoms with van der Waals surface area (Å²) in [6, 6.07) is 13.9. The first-order chi connectivity index (χ1) is 14.0. The van der Waals surface area contributed by atoms with Crippen molar-refractivity contribution >= 4 is 29.4 Å². The molecule has 0 atom stereocenters. The molecule has 0 bridgehead atoms. The lowest BCUT2D eigenvalue weighted by Gasteiger charge is -2.29. The van der Waals surface area contributed by atoms with Gasteiger partial charge in [-0.3, -0.25) is 14.9 Å². The van der Waals surface area contributed by atoms with Crippen LogP contribution in [0.15, 0.2) is 53.6 Å². The predicted octanol–water partition coefficient (Wildman–Crippen LogP) is -0.318. The number of quaternary nitrogens is 2. The summed E-state index contributed by atoms with van der Waals surface area (Å²) in [5.41, 5.74) is 4.50. The highest BCUT2D eigenvalue weighted by Crippen LogP contribution is 2.10. The van der Waals surface area contributed by atoms with E-state index in [1.165, 1.54) is 33.7 Å². The number of non-ortho nitro benzene ring substituents is 1. The van der Waals surface area contributed by atoms with E-state index in [1.807, 2.05) is 12.1 Å². The summed E-state index contributed by atoms with van der Waals surface area (Å²) >= 11 is 5.93. The molecule has 0 radical (unpaired) electrons. The van der Waals surface area contributed by atoms with Crippen LogP contribution in [0.5, 0.6) is 0 Å². The normalized spacial score (nSPS) is 19.2. The molecule has 1 amide bonds. The Morgan fingerprint density at radius 3 is 2.31 bits per heavy atom. The van der Waals surface area contributed by atoms with E-state index in [9.17, 15) is 14.9 Å². The molecule has 1 aliphatic heterocycles. The first-order valence-electron chi connectivity index (χ1n) is 9.47. The smallest absolute Gasteiger partial charge is 0.295 e. The van der Waals surface area contributed by atoms with Crippen LogP contribution in [-0.2, 0) is 11.3 Å². The monoisotopic (exact) mass is 417 g/mol. The van der Waals surface area contributed by atoms with E-state index in [1.54, 1.807) is 12.1 Å². The highest BCUT2D eigenvalue weighted by atomic mass is 35.5. The third-order valence-corrected chi connectivity index (χ3v) is 5.20. The molecule has 0 aliphatic carbocycles. The van der Waals surface area contributed by atoms with Gasteiger partial charge in [0.15, 0.2) is 6.54 Å². The van der Waals surface area contributed by atoms with E-state index in [0.717, 1.165) is 37.7 Å². The van der Waals surface area contributed by atoms with Crippen LogP contribution in [0.3, 0.4) is 0 Å². The molecule has 0 aromatic heterocycles. The largest absolute Gasteiger partial charge is 0.322 e. The van der Waals surface area contributed by atoms with Crippen molar-refractivity contribution in [2.45, 2.75) is 6.54 Å². The Balaban J connectivity index is 1.38. The van der Waals surface area contributed by atoms with Gasteiger partial charge in [-0.05, 0) is 29.8 Å². The second-order valence-electron chi connectivity index (χ2n) is 7.12. The molecular formula is C20H24ClN5O3+2. The van der Waals surface area contributed by atoms with E-state index in [-0.39, 0.29) is 11.6 Å². The van der Waals surface area contributed by atoms with Gasteiger partial charge >= 0.3 is 0 Å². The Morgan fingerprint density at radius 2 is 1.69 bits per heavy atom. The van der Waals surface area contributed by atoms with E-state index < -0.39 is 4.92 Å². The van der Waals surface area contributed by atoms with Crippen molar-refractivity contribution < 1.29 is 19.5 Å². The maximum Gasteiger partial charge on any atom is 0.295 e. The van der Waals surface area contributed by atoms with Crippen LogP contribution >= 0.6 is 11.6 Å². The van der Waals surface area contributed by atoms with Crippen LogP contribution in [0, 0.1) is 10.1 Å². The maximum atomic E-state index is 12.1. The molecule has 3 N–H and O–H groups in total. The second kappa shape index (κ2) is 10.1. The predicted molar refractivity (Wildman–Crippen MR) is 110 cm³/mol. The average Bonchev–Trinajstić information content (AvgIpc) is 2.71. The lowest BCUT2D eigenvalue weighted by Crippen LogP contribution is -3.28. The Labute approximate surface area is 173 Å². The summed E-state index contributed by atoms with van der Waals surface area (Å²) in [5, 5.41) is 15.3. The topological polar surface area (TPSA) is 93.5 Å². The van der Waals surface area contributed by atoms with Crippen LogP contribution in [0.4, 0.5) is 5.69 Å². The molecule has 0 unspecified atom stereocenters. The van der Waals surface area contributed by atoms with Gasteiger partial charge in [0.1, 0.15) is 32.7 Å². The fourth-order valence-corrected chi connectivity index (χ4v) is 3.46. The molecule has 1 aliphatic rings. The number of nitro groups is 1. The molecule has 152 valence electrons. The Morgan fingerprint density at radius 1 is 1.07 bits per heavy atom. The van der Waals surface area contributed by atoms with Crippen molar-refractivity contribution in [3.8, 4) is 0 Å². The van der Waals surface area contributed by atoms with Crippen molar-refractivity contribution in [3.05, 3.63) is 74.8 Å². The zero-order chi connectivity index (χ0) is 20.6. The summed E-state index contributed by atoms with van der Waals surface area (Å²) in [5.74, 6) is -0.140. The Hall–Kier alpha value is -2.81. The molecule has 29 heavy (non-hydrogen) atoms. The number of piperazine rings is 1.